The van der Waals surface area contributed by atoms with Gasteiger partial charge in [-0.15, -0.1) is 11.3 Å². The van der Waals surface area contributed by atoms with E-state index >= 15 is 0 Å². The smallest absolute Gasteiger partial charge is 0.295 e. The second-order valence-corrected chi connectivity index (χ2v) is 8.03. The highest BCUT2D eigenvalue weighted by Gasteiger charge is 2.46. The Morgan fingerprint density at radius 3 is 2.73 bits per heavy atom. The largest absolute Gasteiger partial charge is 0.507 e. The first kappa shape index (κ1) is 19.8. The van der Waals surface area contributed by atoms with Crippen molar-refractivity contribution in [1.82, 2.24) is 9.88 Å². The minimum absolute atomic E-state index is 0.0356. The number of ketones is 1. The van der Waals surface area contributed by atoms with Crippen LogP contribution in [0.3, 0.4) is 0 Å². The number of likely N-dealkylation sites (tertiary alicyclic amines) is 1. The summed E-state index contributed by atoms with van der Waals surface area (Å²) in [5, 5.41) is 13.1. The number of thiophene rings is 1. The maximum Gasteiger partial charge on any atom is 0.295 e. The molecule has 3 aromatic rings. The minimum atomic E-state index is -0.744. The molecule has 1 unspecified atom stereocenters. The molecule has 1 aromatic carbocycles. The number of hydrogen-bond donors (Lipinski definition) is 1. The number of amides is 1. The molecule has 1 saturated heterocycles. The lowest BCUT2D eigenvalue weighted by Crippen LogP contribution is -2.28. The molecular weight excluding hydrogens is 400 g/mol. The summed E-state index contributed by atoms with van der Waals surface area (Å²) in [7, 11) is 1.50. The third-order valence-electron chi connectivity index (χ3n) is 5.06. The van der Waals surface area contributed by atoms with Crippen LogP contribution in [0.15, 0.2) is 65.8 Å². The quantitative estimate of drug-likeness (QED) is 0.382. The summed E-state index contributed by atoms with van der Waals surface area (Å²) in [5.74, 6) is -1.20. The van der Waals surface area contributed by atoms with E-state index < -0.39 is 17.7 Å². The molecule has 1 N–H and O–H groups in total. The van der Waals surface area contributed by atoms with E-state index in [1.54, 1.807) is 36.7 Å². The summed E-state index contributed by atoms with van der Waals surface area (Å²) in [6.07, 6.45) is 3.23. The fourth-order valence-electron chi connectivity index (χ4n) is 3.65. The van der Waals surface area contributed by atoms with Crippen LogP contribution >= 0.6 is 11.3 Å². The first-order valence-electron chi connectivity index (χ1n) is 9.37. The number of carbonyl (C=O) groups excluding carboxylic acids is 2. The SMILES string of the molecule is COc1ccc(C)cc1/C(O)=C1\C(=O)C(=O)N(Cc2cccs2)C1c1cccnc1. The molecule has 7 heteroatoms. The number of hydrogen-bond acceptors (Lipinski definition) is 6. The van der Waals surface area contributed by atoms with Gasteiger partial charge >= 0.3 is 0 Å². The number of ether oxygens (including phenoxy) is 1. The lowest BCUT2D eigenvalue weighted by molar-refractivity contribution is -0.140. The number of nitrogens with zero attached hydrogens (tertiary/aromatic N) is 2. The van der Waals surface area contributed by atoms with Gasteiger partial charge in [0.1, 0.15) is 11.5 Å². The molecule has 30 heavy (non-hydrogen) atoms. The zero-order chi connectivity index (χ0) is 21.3. The van der Waals surface area contributed by atoms with Crippen molar-refractivity contribution < 1.29 is 19.4 Å². The second-order valence-electron chi connectivity index (χ2n) is 7.00. The highest BCUT2D eigenvalue weighted by Crippen LogP contribution is 2.41. The molecule has 1 aliphatic rings. The van der Waals surface area contributed by atoms with Crippen LogP contribution in [0.1, 0.15) is 27.6 Å². The fourth-order valence-corrected chi connectivity index (χ4v) is 4.35. The number of rotatable bonds is 5. The summed E-state index contributed by atoms with van der Waals surface area (Å²) in [4.78, 5) is 32.6. The molecule has 0 saturated carbocycles. The van der Waals surface area contributed by atoms with Crippen LogP contribution in [0.25, 0.3) is 5.76 Å². The highest BCUT2D eigenvalue weighted by molar-refractivity contribution is 7.09. The average molecular weight is 420 g/mol. The number of pyridine rings is 1. The summed E-state index contributed by atoms with van der Waals surface area (Å²) in [5.41, 5.74) is 1.96. The molecule has 3 heterocycles. The van der Waals surface area contributed by atoms with Gasteiger partial charge in [0.15, 0.2) is 0 Å². The standard InChI is InChI=1S/C23H20N2O4S/c1-14-7-8-18(29-2)17(11-14)21(26)19-20(15-5-3-9-24-12-15)25(23(28)22(19)27)13-16-6-4-10-30-16/h3-12,20,26H,13H2,1-2H3/b21-19+. The Labute approximate surface area is 178 Å². The van der Waals surface area contributed by atoms with Crippen LogP contribution in [-0.4, -0.2) is 33.8 Å². The number of benzene rings is 1. The van der Waals surface area contributed by atoms with Crippen LogP contribution in [0.5, 0.6) is 5.75 Å². The van der Waals surface area contributed by atoms with Crippen LogP contribution in [0.4, 0.5) is 0 Å². The van der Waals surface area contributed by atoms with Crippen molar-refractivity contribution >= 4 is 28.8 Å². The van der Waals surface area contributed by atoms with Gasteiger partial charge < -0.3 is 14.7 Å². The van der Waals surface area contributed by atoms with Gasteiger partial charge in [-0.25, -0.2) is 0 Å². The molecule has 2 aromatic heterocycles. The molecule has 0 aliphatic carbocycles. The molecule has 1 atom stereocenters. The Kier molecular flexibility index (Phi) is 5.37. The zero-order valence-corrected chi connectivity index (χ0v) is 17.3. The van der Waals surface area contributed by atoms with Gasteiger partial charge in [0, 0.05) is 17.3 Å². The molecule has 0 spiro atoms. The lowest BCUT2D eigenvalue weighted by atomic mass is 9.95. The number of aryl methyl sites for hydroxylation is 1. The summed E-state index contributed by atoms with van der Waals surface area (Å²) >= 11 is 1.50. The summed E-state index contributed by atoms with van der Waals surface area (Å²) in [6, 6.07) is 11.9. The van der Waals surface area contributed by atoms with Crippen molar-refractivity contribution in [3.05, 3.63) is 87.4 Å². The van der Waals surface area contributed by atoms with Gasteiger partial charge in [-0.05, 0) is 42.1 Å². The Bertz CT molecular complexity index is 1120. The van der Waals surface area contributed by atoms with Crippen LogP contribution in [0.2, 0.25) is 0 Å². The number of methoxy groups -OCH3 is 1. The van der Waals surface area contributed by atoms with Crippen LogP contribution in [-0.2, 0) is 16.1 Å². The normalized spacial score (nSPS) is 18.1. The molecular formula is C23H20N2O4S. The Balaban J connectivity index is 1.90. The van der Waals surface area contributed by atoms with Crippen molar-refractivity contribution in [3.63, 3.8) is 0 Å². The minimum Gasteiger partial charge on any atom is -0.507 e. The third kappa shape index (κ3) is 3.48. The second kappa shape index (κ2) is 8.12. The number of aliphatic hydroxyl groups excluding tert-OH is 1. The Hall–Kier alpha value is -3.45. The van der Waals surface area contributed by atoms with E-state index in [2.05, 4.69) is 4.98 Å². The number of Topliss-reactive ketones (excluding diaryl/α,β-unsaturated/α-hetero) is 1. The first-order chi connectivity index (χ1) is 14.5. The zero-order valence-electron chi connectivity index (χ0n) is 16.5. The molecule has 0 bridgehead atoms. The average Bonchev–Trinajstić information content (AvgIpc) is 3.36. The van der Waals surface area contributed by atoms with Crippen LogP contribution < -0.4 is 4.74 Å². The third-order valence-corrected chi connectivity index (χ3v) is 5.92. The van der Waals surface area contributed by atoms with Crippen molar-refractivity contribution in [2.45, 2.75) is 19.5 Å². The first-order valence-corrected chi connectivity index (χ1v) is 10.2. The van der Waals surface area contributed by atoms with Crippen molar-refractivity contribution in [2.24, 2.45) is 0 Å². The van der Waals surface area contributed by atoms with Gasteiger partial charge in [0.2, 0.25) is 0 Å². The fraction of sp³-hybridized carbons (Fsp3) is 0.174. The van der Waals surface area contributed by atoms with E-state index in [4.69, 9.17) is 4.74 Å². The highest BCUT2D eigenvalue weighted by atomic mass is 32.1. The maximum absolute atomic E-state index is 13.1. The van der Waals surface area contributed by atoms with Gasteiger partial charge in [-0.1, -0.05) is 23.8 Å². The van der Waals surface area contributed by atoms with E-state index in [1.165, 1.54) is 23.3 Å². The monoisotopic (exact) mass is 420 g/mol. The molecule has 152 valence electrons. The van der Waals surface area contributed by atoms with E-state index in [1.807, 2.05) is 30.5 Å². The molecule has 4 rings (SSSR count). The van der Waals surface area contributed by atoms with Gasteiger partial charge in [-0.3, -0.25) is 14.6 Å². The number of aliphatic hydroxyl groups is 1. The molecule has 6 nitrogen and oxygen atoms in total. The van der Waals surface area contributed by atoms with Crippen molar-refractivity contribution in [2.75, 3.05) is 7.11 Å². The lowest BCUT2D eigenvalue weighted by Gasteiger charge is -2.24. The Morgan fingerprint density at radius 1 is 1.23 bits per heavy atom. The topological polar surface area (TPSA) is 79.7 Å². The maximum atomic E-state index is 13.1. The van der Waals surface area contributed by atoms with E-state index in [0.29, 0.717) is 16.9 Å². The van der Waals surface area contributed by atoms with Crippen molar-refractivity contribution in [1.29, 1.82) is 0 Å². The molecule has 0 radical (unpaired) electrons. The summed E-state index contributed by atoms with van der Waals surface area (Å²) < 4.78 is 5.38. The van der Waals surface area contributed by atoms with E-state index in [-0.39, 0.29) is 17.9 Å². The predicted molar refractivity (Wildman–Crippen MR) is 114 cm³/mol. The molecule has 1 amide bonds. The van der Waals surface area contributed by atoms with Gasteiger partial charge in [-0.2, -0.15) is 0 Å². The van der Waals surface area contributed by atoms with Crippen molar-refractivity contribution in [3.8, 4) is 5.75 Å². The number of carbonyl (C=O) groups is 2. The predicted octanol–water partition coefficient (Wildman–Crippen LogP) is 4.08. The van der Waals surface area contributed by atoms with Gasteiger partial charge in [0.05, 0.1) is 30.8 Å². The number of aromatic nitrogens is 1. The van der Waals surface area contributed by atoms with Crippen LogP contribution in [0, 0.1) is 6.92 Å². The van der Waals surface area contributed by atoms with E-state index in [9.17, 15) is 14.7 Å². The van der Waals surface area contributed by atoms with E-state index in [0.717, 1.165) is 10.4 Å². The summed E-state index contributed by atoms with van der Waals surface area (Å²) in [6.45, 7) is 2.15. The molecule has 1 fully saturated rings. The Morgan fingerprint density at radius 2 is 2.07 bits per heavy atom. The molecule has 1 aliphatic heterocycles. The van der Waals surface area contributed by atoms with Gasteiger partial charge in [0.25, 0.3) is 11.7 Å².